The van der Waals surface area contributed by atoms with E-state index in [2.05, 4.69) is 5.32 Å². The van der Waals surface area contributed by atoms with Crippen molar-refractivity contribution in [3.8, 4) is 11.5 Å². The average molecular weight is 460 g/mol. The molecule has 8 nitrogen and oxygen atoms in total. The summed E-state index contributed by atoms with van der Waals surface area (Å²) in [5.41, 5.74) is 0. The number of hydrogen-bond donors (Lipinski definition) is 1. The van der Waals surface area contributed by atoms with Gasteiger partial charge in [-0.05, 0) is 24.3 Å². The summed E-state index contributed by atoms with van der Waals surface area (Å²) in [6, 6.07) is 10.1. The lowest BCUT2D eigenvalue weighted by molar-refractivity contribution is 0.170. The van der Waals surface area contributed by atoms with Gasteiger partial charge in [0.1, 0.15) is 10.8 Å². The van der Waals surface area contributed by atoms with Crippen molar-refractivity contribution in [2.24, 2.45) is 0 Å². The molecule has 0 saturated carbocycles. The number of carbonyl (C=O) groups excluding carboxylic acids is 1. The summed E-state index contributed by atoms with van der Waals surface area (Å²) in [7, 11) is -2.01. The van der Waals surface area contributed by atoms with Crippen LogP contribution in [0.1, 0.15) is 0 Å². The number of hydrogen-bond acceptors (Lipinski definition) is 6. The highest BCUT2D eigenvalue weighted by atomic mass is 35.5. The van der Waals surface area contributed by atoms with Crippen molar-refractivity contribution in [1.82, 2.24) is 14.5 Å². The second-order valence-electron chi connectivity index (χ2n) is 6.18. The molecule has 1 saturated heterocycles. The summed E-state index contributed by atoms with van der Waals surface area (Å²) in [4.78, 5) is 13.9. The number of benzene rings is 1. The number of halogens is 1. The van der Waals surface area contributed by atoms with E-state index in [1.807, 2.05) is 12.1 Å². The minimum atomic E-state index is -3.57. The zero-order valence-corrected chi connectivity index (χ0v) is 18.2. The fraction of sp³-hybridized carbons (Fsp3) is 0.389. The number of para-hydroxylation sites is 2. The number of nitrogens with zero attached hydrogens (tertiary/aromatic N) is 2. The summed E-state index contributed by atoms with van der Waals surface area (Å²) >= 11 is 6.87. The van der Waals surface area contributed by atoms with Crippen LogP contribution in [0.15, 0.2) is 40.6 Å². The lowest BCUT2D eigenvalue weighted by Crippen LogP contribution is -2.53. The summed E-state index contributed by atoms with van der Waals surface area (Å²) in [6.07, 6.45) is 0. The van der Waals surface area contributed by atoms with Gasteiger partial charge < -0.3 is 19.7 Å². The van der Waals surface area contributed by atoms with Crippen molar-refractivity contribution < 1.29 is 22.7 Å². The van der Waals surface area contributed by atoms with Gasteiger partial charge in [0.25, 0.3) is 10.0 Å². The molecule has 0 radical (unpaired) electrons. The van der Waals surface area contributed by atoms with Gasteiger partial charge in [0, 0.05) is 26.2 Å². The van der Waals surface area contributed by atoms with Gasteiger partial charge in [0.05, 0.1) is 18.0 Å². The largest absolute Gasteiger partial charge is 0.493 e. The Morgan fingerprint density at radius 1 is 1.14 bits per heavy atom. The predicted molar refractivity (Wildman–Crippen MR) is 112 cm³/mol. The Balaban J connectivity index is 1.43. The highest BCUT2D eigenvalue weighted by Gasteiger charge is 2.31. The average Bonchev–Trinajstić information content (AvgIpc) is 3.18. The van der Waals surface area contributed by atoms with Gasteiger partial charge in [-0.15, -0.1) is 11.3 Å². The van der Waals surface area contributed by atoms with Crippen LogP contribution in [0.4, 0.5) is 4.79 Å². The molecule has 1 aromatic carbocycles. The smallest absolute Gasteiger partial charge is 0.317 e. The van der Waals surface area contributed by atoms with Crippen molar-refractivity contribution in [2.75, 3.05) is 46.4 Å². The molecule has 0 aliphatic carbocycles. The summed E-state index contributed by atoms with van der Waals surface area (Å²) in [5, 5.41) is 2.79. The molecule has 2 amide bonds. The molecule has 0 bridgehead atoms. The van der Waals surface area contributed by atoms with E-state index in [4.69, 9.17) is 21.1 Å². The Labute approximate surface area is 179 Å². The van der Waals surface area contributed by atoms with Crippen LogP contribution in [0.5, 0.6) is 11.5 Å². The molecule has 1 aromatic heterocycles. The van der Waals surface area contributed by atoms with Gasteiger partial charge >= 0.3 is 6.03 Å². The summed E-state index contributed by atoms with van der Waals surface area (Å²) < 4.78 is 38.1. The molecule has 1 aliphatic rings. The molecule has 158 valence electrons. The number of thiophene rings is 1. The lowest BCUT2D eigenvalue weighted by Gasteiger charge is -2.33. The molecule has 29 heavy (non-hydrogen) atoms. The van der Waals surface area contributed by atoms with Crippen LogP contribution in [-0.2, 0) is 10.0 Å². The minimum absolute atomic E-state index is 0.217. The second-order valence-corrected chi connectivity index (χ2v) is 10.1. The number of methoxy groups -OCH3 is 1. The number of urea groups is 1. The van der Waals surface area contributed by atoms with Crippen molar-refractivity contribution in [3.05, 3.63) is 40.7 Å². The van der Waals surface area contributed by atoms with E-state index >= 15 is 0 Å². The third kappa shape index (κ3) is 5.33. The molecular weight excluding hydrogens is 438 g/mol. The Hall–Kier alpha value is -2.01. The zero-order valence-electron chi connectivity index (χ0n) is 15.8. The van der Waals surface area contributed by atoms with Crippen molar-refractivity contribution in [2.45, 2.75) is 4.21 Å². The van der Waals surface area contributed by atoms with Gasteiger partial charge in [0.15, 0.2) is 11.5 Å². The summed E-state index contributed by atoms with van der Waals surface area (Å²) in [6.45, 7) is 1.73. The van der Waals surface area contributed by atoms with Crippen molar-refractivity contribution >= 4 is 39.0 Å². The van der Waals surface area contributed by atoms with Crippen LogP contribution in [-0.4, -0.2) is 70.1 Å². The summed E-state index contributed by atoms with van der Waals surface area (Å²) in [5.74, 6) is 1.24. The van der Waals surface area contributed by atoms with Crippen LogP contribution < -0.4 is 14.8 Å². The standard InChI is InChI=1S/C18H22ClN3O5S2/c1-26-14-4-2-3-5-15(14)27-13-8-20-18(23)21-9-11-22(12-10-21)29(24,25)17-7-6-16(19)28-17/h2-7H,8-13H2,1H3,(H,20,23). The number of nitrogens with one attached hydrogen (secondary N) is 1. The maximum absolute atomic E-state index is 12.6. The quantitative estimate of drug-likeness (QED) is 0.643. The van der Waals surface area contributed by atoms with Crippen molar-refractivity contribution in [3.63, 3.8) is 0 Å². The van der Waals surface area contributed by atoms with Crippen LogP contribution in [0.3, 0.4) is 0 Å². The fourth-order valence-corrected chi connectivity index (χ4v) is 5.92. The van der Waals surface area contributed by atoms with Crippen molar-refractivity contribution in [1.29, 1.82) is 0 Å². The number of ether oxygens (including phenoxy) is 2. The number of rotatable bonds is 7. The third-order valence-electron chi connectivity index (χ3n) is 4.37. The van der Waals surface area contributed by atoms with E-state index < -0.39 is 10.0 Å². The van der Waals surface area contributed by atoms with Gasteiger partial charge in [-0.3, -0.25) is 0 Å². The molecule has 0 atom stereocenters. The Morgan fingerprint density at radius 3 is 2.45 bits per heavy atom. The van der Waals surface area contributed by atoms with Crippen LogP contribution in [0.25, 0.3) is 0 Å². The molecular formula is C18H22ClN3O5S2. The molecule has 1 aliphatic heterocycles. The fourth-order valence-electron chi connectivity index (χ4n) is 2.86. The lowest BCUT2D eigenvalue weighted by atomic mass is 10.3. The van der Waals surface area contributed by atoms with Gasteiger partial charge in [-0.1, -0.05) is 23.7 Å². The first-order valence-electron chi connectivity index (χ1n) is 8.96. The maximum atomic E-state index is 12.6. The first-order valence-corrected chi connectivity index (χ1v) is 11.6. The first kappa shape index (κ1) is 21.7. The number of amides is 2. The molecule has 0 unspecified atom stereocenters. The second kappa shape index (κ2) is 9.66. The van der Waals surface area contributed by atoms with E-state index in [9.17, 15) is 13.2 Å². The van der Waals surface area contributed by atoms with E-state index in [1.54, 1.807) is 30.2 Å². The monoisotopic (exact) mass is 459 g/mol. The van der Waals surface area contributed by atoms with Gasteiger partial charge in [-0.25, -0.2) is 13.2 Å². The number of sulfonamides is 1. The number of piperazine rings is 1. The minimum Gasteiger partial charge on any atom is -0.493 e. The highest BCUT2D eigenvalue weighted by Crippen LogP contribution is 2.28. The zero-order chi connectivity index (χ0) is 20.9. The third-order valence-corrected chi connectivity index (χ3v) is 7.97. The SMILES string of the molecule is COc1ccccc1OCCNC(=O)N1CCN(S(=O)(=O)c2ccc(Cl)s2)CC1. The molecule has 3 rings (SSSR count). The Morgan fingerprint density at radius 2 is 1.83 bits per heavy atom. The first-order chi connectivity index (χ1) is 13.9. The Kier molecular flexibility index (Phi) is 7.23. The van der Waals surface area contributed by atoms with Gasteiger partial charge in [0.2, 0.25) is 0 Å². The number of carbonyl (C=O) groups is 1. The van der Waals surface area contributed by atoms with Gasteiger partial charge in [-0.2, -0.15) is 4.31 Å². The molecule has 2 heterocycles. The molecule has 0 spiro atoms. The van der Waals surface area contributed by atoms with Crippen LogP contribution >= 0.6 is 22.9 Å². The highest BCUT2D eigenvalue weighted by molar-refractivity contribution is 7.91. The molecule has 1 N–H and O–H groups in total. The normalized spacial score (nSPS) is 15.2. The molecule has 1 fully saturated rings. The van der Waals surface area contributed by atoms with E-state index in [1.165, 1.54) is 10.4 Å². The predicted octanol–water partition coefficient (Wildman–Crippen LogP) is 2.51. The maximum Gasteiger partial charge on any atom is 0.317 e. The topological polar surface area (TPSA) is 88.2 Å². The van der Waals surface area contributed by atoms with Crippen LogP contribution in [0, 0.1) is 0 Å². The van der Waals surface area contributed by atoms with E-state index in [0.717, 1.165) is 11.3 Å². The Bertz CT molecular complexity index is 942. The van der Waals surface area contributed by atoms with E-state index in [-0.39, 0.29) is 23.3 Å². The van der Waals surface area contributed by atoms with E-state index in [0.29, 0.717) is 42.1 Å². The molecule has 11 heteroatoms. The van der Waals surface area contributed by atoms with Crippen LogP contribution in [0.2, 0.25) is 4.34 Å². The molecule has 2 aromatic rings.